The van der Waals surface area contributed by atoms with Crippen LogP contribution < -0.4 is 10.6 Å². The van der Waals surface area contributed by atoms with Gasteiger partial charge in [-0.2, -0.15) is 0 Å². The average Bonchev–Trinajstić information content (AvgIpc) is 2.95. The van der Waals surface area contributed by atoms with E-state index in [1.807, 2.05) is 24.1 Å². The van der Waals surface area contributed by atoms with Crippen LogP contribution in [0.5, 0.6) is 0 Å². The molecule has 110 valence electrons. The maximum Gasteiger partial charge on any atom is 0.126 e. The van der Waals surface area contributed by atoms with Gasteiger partial charge in [0.05, 0.1) is 12.0 Å². The van der Waals surface area contributed by atoms with Gasteiger partial charge in [0.2, 0.25) is 0 Å². The number of hydrogen-bond acceptors (Lipinski definition) is 4. The van der Waals surface area contributed by atoms with Crippen molar-refractivity contribution in [3.63, 3.8) is 0 Å². The van der Waals surface area contributed by atoms with E-state index in [0.29, 0.717) is 11.5 Å². The fourth-order valence-electron chi connectivity index (χ4n) is 3.34. The molecule has 1 saturated heterocycles. The Kier molecular flexibility index (Phi) is 2.79. The number of pyridine rings is 1. The summed E-state index contributed by atoms with van der Waals surface area (Å²) >= 11 is 0. The standard InChI is InChI=1S/C16H21N5/c1-11-12(13-8-21(2)10-18-13)3-4-15(19-11)20-14-7-17-9-16(14)5-6-16/h3-4,8,10,14,17H,5-7,9H2,1-2H3,(H,19,20)/t14-/m1/s1. The number of aryl methyl sites for hydroxylation is 2. The van der Waals surface area contributed by atoms with Crippen molar-refractivity contribution in [3.05, 3.63) is 30.4 Å². The Hall–Kier alpha value is -1.88. The lowest BCUT2D eigenvalue weighted by atomic mass is 10.0. The van der Waals surface area contributed by atoms with Crippen molar-refractivity contribution < 1.29 is 0 Å². The maximum absolute atomic E-state index is 4.73. The van der Waals surface area contributed by atoms with Crippen LogP contribution in [0.25, 0.3) is 11.3 Å². The van der Waals surface area contributed by atoms with E-state index in [-0.39, 0.29) is 0 Å². The molecule has 1 aliphatic heterocycles. The highest BCUT2D eigenvalue weighted by Crippen LogP contribution is 2.51. The van der Waals surface area contributed by atoms with E-state index in [0.717, 1.165) is 35.9 Å². The van der Waals surface area contributed by atoms with Gasteiger partial charge in [0.15, 0.2) is 0 Å². The number of rotatable bonds is 3. The summed E-state index contributed by atoms with van der Waals surface area (Å²) in [5.74, 6) is 0.979. The number of aromatic nitrogens is 3. The first-order valence-electron chi connectivity index (χ1n) is 7.60. The molecule has 3 heterocycles. The SMILES string of the molecule is Cc1nc(N[C@@H]2CNCC23CC3)ccc1-c1cn(C)cn1. The van der Waals surface area contributed by atoms with Crippen LogP contribution in [0.2, 0.25) is 0 Å². The molecule has 5 heteroatoms. The molecule has 21 heavy (non-hydrogen) atoms. The summed E-state index contributed by atoms with van der Waals surface area (Å²) in [5, 5.41) is 7.12. The van der Waals surface area contributed by atoms with Crippen molar-refractivity contribution in [1.29, 1.82) is 0 Å². The van der Waals surface area contributed by atoms with E-state index in [4.69, 9.17) is 4.98 Å². The third kappa shape index (κ3) is 2.21. The number of imidazole rings is 1. The number of hydrogen-bond donors (Lipinski definition) is 2. The van der Waals surface area contributed by atoms with Crippen LogP contribution in [0.4, 0.5) is 5.82 Å². The van der Waals surface area contributed by atoms with E-state index in [9.17, 15) is 0 Å². The lowest BCUT2D eigenvalue weighted by molar-refractivity contribution is 0.523. The monoisotopic (exact) mass is 283 g/mol. The minimum absolute atomic E-state index is 0.495. The summed E-state index contributed by atoms with van der Waals surface area (Å²) in [4.78, 5) is 9.13. The highest BCUT2D eigenvalue weighted by Gasteiger charge is 2.52. The Balaban J connectivity index is 1.56. The molecule has 2 aromatic rings. The van der Waals surface area contributed by atoms with Gasteiger partial charge < -0.3 is 15.2 Å². The summed E-state index contributed by atoms with van der Waals surface area (Å²) < 4.78 is 1.96. The minimum Gasteiger partial charge on any atom is -0.365 e. The van der Waals surface area contributed by atoms with Crippen molar-refractivity contribution in [2.75, 3.05) is 18.4 Å². The second-order valence-electron chi connectivity index (χ2n) is 6.44. The normalized spacial score (nSPS) is 22.7. The van der Waals surface area contributed by atoms with Gasteiger partial charge >= 0.3 is 0 Å². The molecule has 0 unspecified atom stereocenters. The van der Waals surface area contributed by atoms with Gasteiger partial charge in [0, 0.05) is 49.0 Å². The molecule has 2 N–H and O–H groups in total. The molecule has 1 atom stereocenters. The molecule has 0 radical (unpaired) electrons. The Morgan fingerprint density at radius 2 is 2.24 bits per heavy atom. The summed E-state index contributed by atoms with van der Waals surface area (Å²) in [6.45, 7) is 4.24. The van der Waals surface area contributed by atoms with Gasteiger partial charge in [0.25, 0.3) is 0 Å². The molecule has 0 amide bonds. The second kappa shape index (κ2) is 4.56. The third-order valence-corrected chi connectivity index (χ3v) is 4.85. The molecular weight excluding hydrogens is 262 g/mol. The van der Waals surface area contributed by atoms with E-state index in [2.05, 4.69) is 34.7 Å². The lowest BCUT2D eigenvalue weighted by Gasteiger charge is -2.20. The van der Waals surface area contributed by atoms with E-state index in [1.165, 1.54) is 12.8 Å². The molecule has 2 fully saturated rings. The lowest BCUT2D eigenvalue weighted by Crippen LogP contribution is -2.29. The van der Waals surface area contributed by atoms with E-state index in [1.54, 1.807) is 0 Å². The maximum atomic E-state index is 4.73. The molecule has 5 nitrogen and oxygen atoms in total. The Bertz CT molecular complexity index is 671. The molecular formula is C16H21N5. The fraction of sp³-hybridized carbons (Fsp3) is 0.500. The largest absolute Gasteiger partial charge is 0.365 e. The number of nitrogens with zero attached hydrogens (tertiary/aromatic N) is 3. The van der Waals surface area contributed by atoms with Crippen molar-refractivity contribution >= 4 is 5.82 Å². The van der Waals surface area contributed by atoms with E-state index < -0.39 is 0 Å². The second-order valence-corrected chi connectivity index (χ2v) is 6.44. The summed E-state index contributed by atoms with van der Waals surface area (Å²) in [6.07, 6.45) is 6.52. The quantitative estimate of drug-likeness (QED) is 0.904. The first kappa shape index (κ1) is 12.8. The van der Waals surface area contributed by atoms with Gasteiger partial charge in [0.1, 0.15) is 5.82 Å². The summed E-state index contributed by atoms with van der Waals surface area (Å²) in [6, 6.07) is 4.71. The smallest absolute Gasteiger partial charge is 0.126 e. The van der Waals surface area contributed by atoms with Crippen LogP contribution in [0.15, 0.2) is 24.7 Å². The van der Waals surface area contributed by atoms with Crippen molar-refractivity contribution in [2.24, 2.45) is 12.5 Å². The molecule has 0 bridgehead atoms. The topological polar surface area (TPSA) is 54.8 Å². The van der Waals surface area contributed by atoms with Crippen molar-refractivity contribution in [3.8, 4) is 11.3 Å². The molecule has 0 aromatic carbocycles. The highest BCUT2D eigenvalue weighted by atomic mass is 15.1. The predicted octanol–water partition coefficient (Wildman–Crippen LogP) is 1.95. The van der Waals surface area contributed by atoms with Crippen LogP contribution in [-0.4, -0.2) is 33.7 Å². The molecule has 4 rings (SSSR count). The van der Waals surface area contributed by atoms with Gasteiger partial charge in [-0.05, 0) is 31.9 Å². The van der Waals surface area contributed by atoms with Crippen molar-refractivity contribution in [1.82, 2.24) is 19.9 Å². The van der Waals surface area contributed by atoms with Gasteiger partial charge in [-0.25, -0.2) is 9.97 Å². The summed E-state index contributed by atoms with van der Waals surface area (Å²) in [7, 11) is 1.98. The van der Waals surface area contributed by atoms with Crippen LogP contribution >= 0.6 is 0 Å². The van der Waals surface area contributed by atoms with Crippen LogP contribution in [-0.2, 0) is 7.05 Å². The van der Waals surface area contributed by atoms with Gasteiger partial charge in [-0.15, -0.1) is 0 Å². The van der Waals surface area contributed by atoms with Gasteiger partial charge in [-0.1, -0.05) is 0 Å². The zero-order valence-electron chi connectivity index (χ0n) is 12.6. The average molecular weight is 283 g/mol. The molecule has 1 saturated carbocycles. The molecule has 2 aliphatic rings. The first-order valence-corrected chi connectivity index (χ1v) is 7.60. The third-order valence-electron chi connectivity index (χ3n) is 4.85. The summed E-state index contributed by atoms with van der Waals surface area (Å²) in [5.41, 5.74) is 3.60. The number of anilines is 1. The Labute approximate surface area is 124 Å². The molecule has 1 aliphatic carbocycles. The van der Waals surface area contributed by atoms with Crippen molar-refractivity contribution in [2.45, 2.75) is 25.8 Å². The fourth-order valence-corrected chi connectivity index (χ4v) is 3.34. The zero-order valence-corrected chi connectivity index (χ0v) is 12.6. The molecule has 1 spiro atoms. The van der Waals surface area contributed by atoms with Gasteiger partial charge in [-0.3, -0.25) is 0 Å². The minimum atomic E-state index is 0.495. The highest BCUT2D eigenvalue weighted by molar-refractivity contribution is 5.63. The first-order chi connectivity index (χ1) is 10.2. The van der Waals surface area contributed by atoms with Crippen LogP contribution in [0.3, 0.4) is 0 Å². The Morgan fingerprint density at radius 3 is 2.90 bits per heavy atom. The zero-order chi connectivity index (χ0) is 14.4. The predicted molar refractivity (Wildman–Crippen MR) is 83.1 cm³/mol. The molecule has 2 aromatic heterocycles. The van der Waals surface area contributed by atoms with Crippen LogP contribution in [0.1, 0.15) is 18.5 Å². The van der Waals surface area contributed by atoms with Crippen LogP contribution in [0, 0.1) is 12.3 Å². The number of nitrogens with one attached hydrogen (secondary N) is 2. The Morgan fingerprint density at radius 1 is 1.38 bits per heavy atom. The van der Waals surface area contributed by atoms with E-state index >= 15 is 0 Å².